The van der Waals surface area contributed by atoms with Crippen LogP contribution in [0.25, 0.3) is 5.69 Å². The Bertz CT molecular complexity index is 648. The molecule has 2 N–H and O–H groups in total. The number of nitrogens with zero attached hydrogens (tertiary/aromatic N) is 2. The molecule has 1 saturated heterocycles. The van der Waals surface area contributed by atoms with Crippen molar-refractivity contribution in [2.45, 2.75) is 13.0 Å². The minimum Gasteiger partial charge on any atom is -0.384 e. The molecule has 1 aliphatic rings. The average Bonchev–Trinajstić information content (AvgIpc) is 3.25. The Morgan fingerprint density at radius 2 is 2.30 bits per heavy atom. The lowest BCUT2D eigenvalue weighted by molar-refractivity contribution is -0.133. The Labute approximate surface area is 135 Å². The van der Waals surface area contributed by atoms with E-state index in [4.69, 9.17) is 4.74 Å². The maximum atomic E-state index is 12.7. The number of carbonyl (C=O) groups excluding carboxylic acids is 1. The Kier molecular flexibility index (Phi) is 4.73. The van der Waals surface area contributed by atoms with Gasteiger partial charge in [0.1, 0.15) is 0 Å². The van der Waals surface area contributed by atoms with Gasteiger partial charge in [-0.1, -0.05) is 18.2 Å². The zero-order chi connectivity index (χ0) is 16.1. The molecule has 1 aliphatic heterocycles. The van der Waals surface area contributed by atoms with Crippen LogP contribution in [-0.4, -0.2) is 42.5 Å². The third kappa shape index (κ3) is 3.28. The molecule has 1 aromatic heterocycles. The molecular formula is C17H22N4O2. The summed E-state index contributed by atoms with van der Waals surface area (Å²) in [6.07, 6.45) is 4.44. The molecule has 0 radical (unpaired) electrons. The predicted octanol–water partition coefficient (Wildman–Crippen LogP) is 1.11. The van der Waals surface area contributed by atoms with E-state index in [1.807, 2.05) is 41.2 Å². The summed E-state index contributed by atoms with van der Waals surface area (Å²) in [7, 11) is 1.64. The van der Waals surface area contributed by atoms with E-state index >= 15 is 0 Å². The summed E-state index contributed by atoms with van der Waals surface area (Å²) in [5, 5.41) is 10.6. The van der Waals surface area contributed by atoms with Crippen LogP contribution in [0.3, 0.4) is 0 Å². The van der Waals surface area contributed by atoms with Crippen molar-refractivity contribution in [1.29, 1.82) is 0 Å². The van der Waals surface area contributed by atoms with Crippen LogP contribution >= 0.6 is 0 Å². The number of rotatable bonds is 6. The quantitative estimate of drug-likeness (QED) is 0.838. The van der Waals surface area contributed by atoms with E-state index in [1.165, 1.54) is 0 Å². The Balaban J connectivity index is 1.72. The summed E-state index contributed by atoms with van der Waals surface area (Å²) in [5.74, 6) is 0.0413. The number of amides is 1. The molecule has 1 aromatic carbocycles. The van der Waals surface area contributed by atoms with Crippen molar-refractivity contribution >= 4 is 5.91 Å². The molecular weight excluding hydrogens is 292 g/mol. The SMILES string of the molecule is COC[C@]1(C(=O)NCc2ccccc2-n2cccn2)CCNC1. The predicted molar refractivity (Wildman–Crippen MR) is 87.2 cm³/mol. The highest BCUT2D eigenvalue weighted by atomic mass is 16.5. The lowest BCUT2D eigenvalue weighted by Crippen LogP contribution is -2.45. The smallest absolute Gasteiger partial charge is 0.230 e. The third-order valence-electron chi connectivity index (χ3n) is 4.33. The number of para-hydroxylation sites is 1. The summed E-state index contributed by atoms with van der Waals surface area (Å²) >= 11 is 0. The molecule has 0 aliphatic carbocycles. The molecule has 6 nitrogen and oxygen atoms in total. The maximum Gasteiger partial charge on any atom is 0.230 e. The molecule has 1 atom stereocenters. The zero-order valence-electron chi connectivity index (χ0n) is 13.3. The van der Waals surface area contributed by atoms with E-state index in [0.29, 0.717) is 19.7 Å². The highest BCUT2D eigenvalue weighted by molar-refractivity contribution is 5.83. The molecule has 0 unspecified atom stereocenters. The number of nitrogens with one attached hydrogen (secondary N) is 2. The van der Waals surface area contributed by atoms with E-state index in [-0.39, 0.29) is 5.91 Å². The minimum atomic E-state index is -0.463. The number of ether oxygens (including phenoxy) is 1. The molecule has 2 heterocycles. The van der Waals surface area contributed by atoms with Crippen LogP contribution in [0.4, 0.5) is 0 Å². The molecule has 0 bridgehead atoms. The number of carbonyl (C=O) groups is 1. The highest BCUT2D eigenvalue weighted by Crippen LogP contribution is 2.26. The topological polar surface area (TPSA) is 68.2 Å². The van der Waals surface area contributed by atoms with Crippen molar-refractivity contribution in [3.8, 4) is 5.69 Å². The fraction of sp³-hybridized carbons (Fsp3) is 0.412. The van der Waals surface area contributed by atoms with Crippen LogP contribution in [-0.2, 0) is 16.1 Å². The van der Waals surface area contributed by atoms with Gasteiger partial charge in [-0.05, 0) is 30.7 Å². The second-order valence-electron chi connectivity index (χ2n) is 5.90. The molecule has 0 saturated carbocycles. The van der Waals surface area contributed by atoms with E-state index in [2.05, 4.69) is 15.7 Å². The lowest BCUT2D eigenvalue weighted by atomic mass is 9.87. The van der Waals surface area contributed by atoms with Gasteiger partial charge in [0.25, 0.3) is 0 Å². The minimum absolute atomic E-state index is 0.0413. The molecule has 23 heavy (non-hydrogen) atoms. The van der Waals surface area contributed by atoms with Gasteiger partial charge in [-0.3, -0.25) is 4.79 Å². The summed E-state index contributed by atoms with van der Waals surface area (Å²) in [6, 6.07) is 9.82. The van der Waals surface area contributed by atoms with Crippen LogP contribution < -0.4 is 10.6 Å². The lowest BCUT2D eigenvalue weighted by Gasteiger charge is -2.26. The Morgan fingerprint density at radius 3 is 3.00 bits per heavy atom. The molecule has 6 heteroatoms. The van der Waals surface area contributed by atoms with E-state index in [1.54, 1.807) is 13.3 Å². The van der Waals surface area contributed by atoms with Crippen molar-refractivity contribution in [2.75, 3.05) is 26.8 Å². The van der Waals surface area contributed by atoms with E-state index in [9.17, 15) is 4.79 Å². The van der Waals surface area contributed by atoms with Crippen LogP contribution in [0.2, 0.25) is 0 Å². The first-order valence-electron chi connectivity index (χ1n) is 7.81. The molecule has 1 fully saturated rings. The molecule has 0 spiro atoms. The second-order valence-corrected chi connectivity index (χ2v) is 5.90. The van der Waals surface area contributed by atoms with Gasteiger partial charge in [0.15, 0.2) is 0 Å². The van der Waals surface area contributed by atoms with Gasteiger partial charge < -0.3 is 15.4 Å². The maximum absolute atomic E-state index is 12.7. The van der Waals surface area contributed by atoms with Crippen LogP contribution in [0.15, 0.2) is 42.7 Å². The van der Waals surface area contributed by atoms with Gasteiger partial charge in [-0.25, -0.2) is 4.68 Å². The van der Waals surface area contributed by atoms with Crippen molar-refractivity contribution in [1.82, 2.24) is 20.4 Å². The summed E-state index contributed by atoms with van der Waals surface area (Å²) in [5.41, 5.74) is 1.54. The zero-order valence-corrected chi connectivity index (χ0v) is 13.3. The molecule has 2 aromatic rings. The largest absolute Gasteiger partial charge is 0.384 e. The van der Waals surface area contributed by atoms with Crippen molar-refractivity contribution in [3.05, 3.63) is 48.3 Å². The van der Waals surface area contributed by atoms with Crippen molar-refractivity contribution in [3.63, 3.8) is 0 Å². The molecule has 3 rings (SSSR count). The number of aromatic nitrogens is 2. The van der Waals surface area contributed by atoms with Gasteiger partial charge >= 0.3 is 0 Å². The Morgan fingerprint density at radius 1 is 1.43 bits per heavy atom. The van der Waals surface area contributed by atoms with Crippen LogP contribution in [0.5, 0.6) is 0 Å². The van der Waals surface area contributed by atoms with Gasteiger partial charge in [0.05, 0.1) is 17.7 Å². The van der Waals surface area contributed by atoms with E-state index < -0.39 is 5.41 Å². The van der Waals surface area contributed by atoms with Gasteiger partial charge in [0.2, 0.25) is 5.91 Å². The molecule has 122 valence electrons. The number of hydrogen-bond acceptors (Lipinski definition) is 4. The van der Waals surface area contributed by atoms with Crippen molar-refractivity contribution < 1.29 is 9.53 Å². The fourth-order valence-electron chi connectivity index (χ4n) is 3.06. The number of hydrogen-bond donors (Lipinski definition) is 2. The van der Waals surface area contributed by atoms with E-state index in [0.717, 1.165) is 24.2 Å². The van der Waals surface area contributed by atoms with Crippen LogP contribution in [0.1, 0.15) is 12.0 Å². The van der Waals surface area contributed by atoms with Crippen molar-refractivity contribution in [2.24, 2.45) is 5.41 Å². The normalized spacial score (nSPS) is 20.6. The first-order valence-corrected chi connectivity index (χ1v) is 7.81. The fourth-order valence-corrected chi connectivity index (χ4v) is 3.06. The summed E-state index contributed by atoms with van der Waals surface area (Å²) < 4.78 is 7.08. The monoisotopic (exact) mass is 314 g/mol. The summed E-state index contributed by atoms with van der Waals surface area (Å²) in [6.45, 7) is 2.42. The number of methoxy groups -OCH3 is 1. The standard InChI is InChI=1S/C17H22N4O2/c1-23-13-17(7-9-18-12-17)16(22)19-11-14-5-2-3-6-15(14)21-10-4-8-20-21/h2-6,8,10,18H,7,9,11-13H2,1H3,(H,19,22)/t17-/m0/s1. The van der Waals surface area contributed by atoms with Gasteiger partial charge in [-0.2, -0.15) is 5.10 Å². The first kappa shape index (κ1) is 15.7. The number of benzene rings is 1. The highest BCUT2D eigenvalue weighted by Gasteiger charge is 2.41. The second kappa shape index (κ2) is 6.93. The van der Waals surface area contributed by atoms with Crippen LogP contribution in [0, 0.1) is 5.41 Å². The van der Waals surface area contributed by atoms with Gasteiger partial charge in [-0.15, -0.1) is 0 Å². The Hall–Kier alpha value is -2.18. The first-order chi connectivity index (χ1) is 11.2. The molecule has 1 amide bonds. The van der Waals surface area contributed by atoms with Gasteiger partial charge in [0, 0.05) is 32.6 Å². The third-order valence-corrected chi connectivity index (χ3v) is 4.33. The average molecular weight is 314 g/mol. The summed E-state index contributed by atoms with van der Waals surface area (Å²) in [4.78, 5) is 12.7.